The van der Waals surface area contributed by atoms with E-state index in [4.69, 9.17) is 0 Å². The molecular formula is C19H19N3O4. The van der Waals surface area contributed by atoms with Crippen LogP contribution in [0.2, 0.25) is 0 Å². The quantitative estimate of drug-likeness (QED) is 0.491. The molecule has 0 radical (unpaired) electrons. The smallest absolute Gasteiger partial charge is 0.276 e. The summed E-state index contributed by atoms with van der Waals surface area (Å²) in [5.74, 6) is -0.452. The van der Waals surface area contributed by atoms with Crippen molar-refractivity contribution in [1.29, 1.82) is 0 Å². The van der Waals surface area contributed by atoms with Crippen LogP contribution in [0.25, 0.3) is 6.08 Å². The van der Waals surface area contributed by atoms with E-state index in [1.165, 1.54) is 23.1 Å². The summed E-state index contributed by atoms with van der Waals surface area (Å²) in [7, 11) is 3.20. The maximum absolute atomic E-state index is 12.2. The third-order valence-electron chi connectivity index (χ3n) is 3.78. The molecule has 0 aliphatic rings. The van der Waals surface area contributed by atoms with Gasteiger partial charge in [-0.3, -0.25) is 19.7 Å². The lowest BCUT2D eigenvalue weighted by Crippen LogP contribution is -2.24. The fourth-order valence-corrected chi connectivity index (χ4v) is 2.34. The minimum absolute atomic E-state index is 0.0519. The topological polar surface area (TPSA) is 92.6 Å². The molecular weight excluding hydrogens is 334 g/mol. The van der Waals surface area contributed by atoms with Gasteiger partial charge in [-0.15, -0.1) is 0 Å². The van der Waals surface area contributed by atoms with Gasteiger partial charge in [-0.2, -0.15) is 0 Å². The summed E-state index contributed by atoms with van der Waals surface area (Å²) in [6.45, 7) is 0.355. The van der Waals surface area contributed by atoms with Crippen LogP contribution in [0.5, 0.6) is 0 Å². The summed E-state index contributed by atoms with van der Waals surface area (Å²) in [4.78, 5) is 35.7. The monoisotopic (exact) mass is 353 g/mol. The number of benzene rings is 2. The van der Waals surface area contributed by atoms with E-state index in [0.717, 1.165) is 5.56 Å². The van der Waals surface area contributed by atoms with Gasteiger partial charge in [0, 0.05) is 38.3 Å². The Morgan fingerprint density at radius 1 is 1.15 bits per heavy atom. The van der Waals surface area contributed by atoms with Gasteiger partial charge in [-0.25, -0.2) is 0 Å². The first-order chi connectivity index (χ1) is 12.4. The van der Waals surface area contributed by atoms with Gasteiger partial charge >= 0.3 is 0 Å². The second-order valence-corrected chi connectivity index (χ2v) is 5.62. The fourth-order valence-electron chi connectivity index (χ4n) is 2.34. The molecule has 1 N–H and O–H groups in total. The molecule has 2 aromatic carbocycles. The van der Waals surface area contributed by atoms with Crippen molar-refractivity contribution in [3.05, 3.63) is 81.4 Å². The summed E-state index contributed by atoms with van der Waals surface area (Å²) in [5.41, 5.74) is 1.73. The standard InChI is InChI=1S/C19H19N3O4/c1-20-19(24)16-9-7-14(8-10-16)13-21(2)18(23)12-11-15-5-3-4-6-17(15)22(25)26/h3-12H,13H2,1-2H3,(H,20,24)/b12-11+. The first-order valence-electron chi connectivity index (χ1n) is 7.90. The van der Waals surface area contributed by atoms with Crippen molar-refractivity contribution in [3.8, 4) is 0 Å². The Morgan fingerprint density at radius 2 is 1.81 bits per heavy atom. The van der Waals surface area contributed by atoms with Crippen LogP contribution in [0.4, 0.5) is 5.69 Å². The van der Waals surface area contributed by atoms with Crippen LogP contribution >= 0.6 is 0 Å². The SMILES string of the molecule is CNC(=O)c1ccc(CN(C)C(=O)/C=C/c2ccccc2[N+](=O)[O-])cc1. The maximum atomic E-state index is 12.2. The largest absolute Gasteiger partial charge is 0.355 e. The van der Waals surface area contributed by atoms with Gasteiger partial charge in [-0.05, 0) is 29.8 Å². The van der Waals surface area contributed by atoms with Gasteiger partial charge in [0.15, 0.2) is 0 Å². The molecule has 0 saturated carbocycles. The van der Waals surface area contributed by atoms with Crippen LogP contribution in [0.1, 0.15) is 21.5 Å². The number of likely N-dealkylation sites (N-methyl/N-ethyl adjacent to an activating group) is 1. The third-order valence-corrected chi connectivity index (χ3v) is 3.78. The Bertz CT molecular complexity index is 844. The van der Waals surface area contributed by atoms with Crippen LogP contribution < -0.4 is 5.32 Å². The highest BCUT2D eigenvalue weighted by Gasteiger charge is 2.11. The van der Waals surface area contributed by atoms with Crippen molar-refractivity contribution in [3.63, 3.8) is 0 Å². The van der Waals surface area contributed by atoms with Gasteiger partial charge in [0.25, 0.3) is 11.6 Å². The average Bonchev–Trinajstić information content (AvgIpc) is 2.66. The Balaban J connectivity index is 2.04. The predicted octanol–water partition coefficient (Wildman–Crippen LogP) is 2.63. The van der Waals surface area contributed by atoms with Crippen LogP contribution in [0.15, 0.2) is 54.6 Å². The molecule has 2 aromatic rings. The van der Waals surface area contributed by atoms with Gasteiger partial charge in [0.05, 0.1) is 10.5 Å². The molecule has 2 amide bonds. The average molecular weight is 353 g/mol. The van der Waals surface area contributed by atoms with Crippen LogP contribution in [0.3, 0.4) is 0 Å². The van der Waals surface area contributed by atoms with Crippen LogP contribution in [-0.4, -0.2) is 35.7 Å². The van der Waals surface area contributed by atoms with Gasteiger partial charge in [0.2, 0.25) is 5.91 Å². The van der Waals surface area contributed by atoms with Crippen molar-refractivity contribution in [1.82, 2.24) is 10.2 Å². The van der Waals surface area contributed by atoms with Gasteiger partial charge in [-0.1, -0.05) is 24.3 Å². The lowest BCUT2D eigenvalue weighted by Gasteiger charge is -2.15. The number of nitrogens with zero attached hydrogens (tertiary/aromatic N) is 2. The number of amides is 2. The lowest BCUT2D eigenvalue weighted by atomic mass is 10.1. The Labute approximate surface area is 151 Å². The first kappa shape index (κ1) is 18.9. The molecule has 2 rings (SSSR count). The number of nitro groups is 1. The van der Waals surface area contributed by atoms with E-state index >= 15 is 0 Å². The zero-order valence-electron chi connectivity index (χ0n) is 14.5. The molecule has 26 heavy (non-hydrogen) atoms. The van der Waals surface area contributed by atoms with E-state index in [1.807, 2.05) is 0 Å². The molecule has 0 aliphatic carbocycles. The number of nitro benzene ring substituents is 1. The van der Waals surface area contributed by atoms with Crippen LogP contribution in [-0.2, 0) is 11.3 Å². The van der Waals surface area contributed by atoms with Crippen molar-refractivity contribution in [2.75, 3.05) is 14.1 Å². The highest BCUT2D eigenvalue weighted by atomic mass is 16.6. The van der Waals surface area contributed by atoms with Crippen molar-refractivity contribution in [2.24, 2.45) is 0 Å². The highest BCUT2D eigenvalue weighted by molar-refractivity contribution is 5.94. The summed E-state index contributed by atoms with van der Waals surface area (Å²) in [5, 5.41) is 13.5. The second kappa shape index (κ2) is 8.57. The number of hydrogen-bond donors (Lipinski definition) is 1. The molecule has 0 saturated heterocycles. The maximum Gasteiger partial charge on any atom is 0.276 e. The summed E-state index contributed by atoms with van der Waals surface area (Å²) in [6, 6.07) is 13.2. The minimum atomic E-state index is -0.484. The minimum Gasteiger partial charge on any atom is -0.355 e. The summed E-state index contributed by atoms with van der Waals surface area (Å²) in [6.07, 6.45) is 2.74. The number of hydrogen-bond acceptors (Lipinski definition) is 4. The molecule has 134 valence electrons. The predicted molar refractivity (Wildman–Crippen MR) is 98.4 cm³/mol. The third kappa shape index (κ3) is 4.76. The number of carbonyl (C=O) groups excluding carboxylic acids is 2. The van der Waals surface area contributed by atoms with E-state index < -0.39 is 4.92 Å². The molecule has 0 bridgehead atoms. The molecule has 0 aromatic heterocycles. The van der Waals surface area contributed by atoms with Crippen molar-refractivity contribution >= 4 is 23.6 Å². The molecule has 0 spiro atoms. The van der Waals surface area contributed by atoms with E-state index in [9.17, 15) is 19.7 Å². The van der Waals surface area contributed by atoms with Gasteiger partial charge < -0.3 is 10.2 Å². The number of para-hydroxylation sites is 1. The highest BCUT2D eigenvalue weighted by Crippen LogP contribution is 2.19. The van der Waals surface area contributed by atoms with E-state index in [0.29, 0.717) is 17.7 Å². The molecule has 0 fully saturated rings. The normalized spacial score (nSPS) is 10.5. The first-order valence-corrected chi connectivity index (χ1v) is 7.90. The van der Waals surface area contributed by atoms with E-state index in [2.05, 4.69) is 5.32 Å². The second-order valence-electron chi connectivity index (χ2n) is 5.62. The summed E-state index contributed by atoms with van der Waals surface area (Å²) >= 11 is 0. The van der Waals surface area contributed by atoms with Crippen molar-refractivity contribution in [2.45, 2.75) is 6.54 Å². The molecule has 0 atom stereocenters. The van der Waals surface area contributed by atoms with Gasteiger partial charge in [0.1, 0.15) is 0 Å². The Kier molecular flexibility index (Phi) is 6.21. The van der Waals surface area contributed by atoms with E-state index in [-0.39, 0.29) is 17.5 Å². The molecule has 7 nitrogen and oxygen atoms in total. The van der Waals surface area contributed by atoms with Crippen LogP contribution in [0, 0.1) is 10.1 Å². The van der Waals surface area contributed by atoms with Crippen molar-refractivity contribution < 1.29 is 14.5 Å². The number of nitrogens with one attached hydrogen (secondary N) is 1. The Morgan fingerprint density at radius 3 is 2.42 bits per heavy atom. The molecule has 0 heterocycles. The Hall–Kier alpha value is -3.48. The van der Waals surface area contributed by atoms with E-state index in [1.54, 1.807) is 56.6 Å². The molecule has 0 unspecified atom stereocenters. The molecule has 0 aliphatic heterocycles. The summed E-state index contributed by atoms with van der Waals surface area (Å²) < 4.78 is 0. The number of carbonyl (C=O) groups is 2. The fraction of sp³-hybridized carbons (Fsp3) is 0.158. The molecule has 7 heteroatoms. The number of rotatable bonds is 6. The zero-order chi connectivity index (χ0) is 19.1. The lowest BCUT2D eigenvalue weighted by molar-refractivity contribution is -0.385. The zero-order valence-corrected chi connectivity index (χ0v) is 14.5.